The van der Waals surface area contributed by atoms with Crippen molar-refractivity contribution in [1.82, 2.24) is 9.13 Å². The summed E-state index contributed by atoms with van der Waals surface area (Å²) in [6.07, 6.45) is 3.79. The molecular weight excluding hydrogens is 937 g/mol. The van der Waals surface area contributed by atoms with E-state index in [0.717, 1.165) is 55.3 Å². The zero-order valence-electron chi connectivity index (χ0n) is 40.3. The Morgan fingerprint density at radius 3 is 0.973 bits per heavy atom. The number of benzene rings is 10. The number of anilines is 6. The maximum atomic E-state index is 4.03. The molecule has 0 saturated carbocycles. The molecule has 0 radical (unpaired) electrons. The largest absolute Gasteiger partial charge is 0.309 e. The van der Waals surface area contributed by atoms with Crippen molar-refractivity contribution in [3.8, 4) is 22.5 Å². The minimum absolute atomic E-state index is 1.09. The molecule has 4 nitrogen and oxygen atoms in total. The van der Waals surface area contributed by atoms with Gasteiger partial charge in [0.05, 0.1) is 22.1 Å². The number of hydrogen-bond donors (Lipinski definition) is 0. The van der Waals surface area contributed by atoms with Crippen LogP contribution >= 0.6 is 22.7 Å². The van der Waals surface area contributed by atoms with Crippen LogP contribution in [0.4, 0.5) is 32.8 Å². The first-order chi connectivity index (χ1) is 36.6. The SMILES string of the molecule is C=Cc1ccc(-c2ccc(N(c3ccc(-n4c5ccccc5c5ccccc54)cc3)c3cc4cc5sc(N(c6ccc(C=C)cc6)c6ccc(-n7c8ccccc8c8ccccc87)cc6)cc5cc4s3)cc2)cc1. The van der Waals surface area contributed by atoms with Gasteiger partial charge in [0, 0.05) is 65.1 Å². The van der Waals surface area contributed by atoms with Crippen LogP contribution in [0, 0.1) is 0 Å². The minimum atomic E-state index is 1.09. The Bertz CT molecular complexity index is 4280. The van der Waals surface area contributed by atoms with Crippen LogP contribution in [-0.4, -0.2) is 9.13 Å². The summed E-state index contributed by atoms with van der Waals surface area (Å²) in [5.74, 6) is 0. The normalized spacial score (nSPS) is 11.6. The highest BCUT2D eigenvalue weighted by Crippen LogP contribution is 2.47. The van der Waals surface area contributed by atoms with E-state index < -0.39 is 0 Å². The van der Waals surface area contributed by atoms with E-state index in [4.69, 9.17) is 0 Å². The third-order valence-corrected chi connectivity index (χ3v) is 16.6. The van der Waals surface area contributed by atoms with Crippen molar-refractivity contribution in [2.24, 2.45) is 0 Å². The highest BCUT2D eigenvalue weighted by atomic mass is 32.1. The van der Waals surface area contributed by atoms with Gasteiger partial charge < -0.3 is 18.9 Å². The Balaban J connectivity index is 0.850. The third-order valence-electron chi connectivity index (χ3n) is 14.5. The second-order valence-electron chi connectivity index (χ2n) is 18.7. The van der Waals surface area contributed by atoms with Crippen LogP contribution < -0.4 is 9.80 Å². The molecule has 0 fully saturated rings. The molecule has 0 unspecified atom stereocenters. The molecule has 350 valence electrons. The zero-order chi connectivity index (χ0) is 49.3. The monoisotopic (exact) mass is 982 g/mol. The van der Waals surface area contributed by atoms with Crippen molar-refractivity contribution in [3.63, 3.8) is 0 Å². The van der Waals surface area contributed by atoms with Gasteiger partial charge in [-0.1, -0.05) is 147 Å². The lowest BCUT2D eigenvalue weighted by Gasteiger charge is -2.24. The van der Waals surface area contributed by atoms with Gasteiger partial charge in [0.25, 0.3) is 0 Å². The van der Waals surface area contributed by atoms with Gasteiger partial charge >= 0.3 is 0 Å². The van der Waals surface area contributed by atoms with E-state index in [1.807, 2.05) is 34.8 Å². The highest BCUT2D eigenvalue weighted by Gasteiger charge is 2.21. The first kappa shape index (κ1) is 43.6. The van der Waals surface area contributed by atoms with Crippen LogP contribution in [0.3, 0.4) is 0 Å². The zero-order valence-corrected chi connectivity index (χ0v) is 41.9. The van der Waals surface area contributed by atoms with Crippen LogP contribution in [0.2, 0.25) is 0 Å². The molecule has 0 amide bonds. The molecule has 74 heavy (non-hydrogen) atoms. The molecule has 0 aliphatic heterocycles. The molecule has 14 aromatic rings. The van der Waals surface area contributed by atoms with E-state index in [9.17, 15) is 0 Å². The van der Waals surface area contributed by atoms with Crippen LogP contribution in [0.15, 0.2) is 256 Å². The van der Waals surface area contributed by atoms with Gasteiger partial charge in [-0.25, -0.2) is 0 Å². The third kappa shape index (κ3) is 7.34. The van der Waals surface area contributed by atoms with Gasteiger partial charge in [0.2, 0.25) is 0 Å². The predicted molar refractivity (Wildman–Crippen MR) is 321 cm³/mol. The summed E-state index contributed by atoms with van der Waals surface area (Å²) in [7, 11) is 0. The maximum Gasteiger partial charge on any atom is 0.101 e. The first-order valence-electron chi connectivity index (χ1n) is 24.9. The summed E-state index contributed by atoms with van der Waals surface area (Å²) in [5, 5.41) is 9.76. The molecule has 0 spiro atoms. The second kappa shape index (κ2) is 17.8. The lowest BCUT2D eigenvalue weighted by molar-refractivity contribution is 1.17. The average Bonchev–Trinajstić information content (AvgIpc) is 4.24. The molecule has 0 N–H and O–H groups in total. The van der Waals surface area contributed by atoms with Gasteiger partial charge in [0.1, 0.15) is 10.0 Å². The molecule has 6 heteroatoms. The fourth-order valence-electron chi connectivity index (χ4n) is 10.8. The van der Waals surface area contributed by atoms with E-state index in [0.29, 0.717) is 0 Å². The van der Waals surface area contributed by atoms with Crippen molar-refractivity contribution in [3.05, 3.63) is 267 Å². The van der Waals surface area contributed by atoms with Crippen molar-refractivity contribution in [2.45, 2.75) is 0 Å². The molecule has 0 aliphatic carbocycles. The van der Waals surface area contributed by atoms with E-state index in [-0.39, 0.29) is 0 Å². The lowest BCUT2D eigenvalue weighted by atomic mass is 10.0. The summed E-state index contributed by atoms with van der Waals surface area (Å²) in [5.41, 5.74) is 16.0. The number of nitrogens with zero attached hydrogens (tertiary/aromatic N) is 4. The predicted octanol–water partition coefficient (Wildman–Crippen LogP) is 20.2. The molecule has 10 aromatic carbocycles. The van der Waals surface area contributed by atoms with Crippen LogP contribution in [0.5, 0.6) is 0 Å². The lowest BCUT2D eigenvalue weighted by Crippen LogP contribution is -2.08. The van der Waals surface area contributed by atoms with E-state index in [1.54, 1.807) is 0 Å². The van der Waals surface area contributed by atoms with Crippen molar-refractivity contribution >= 4 is 131 Å². The molecule has 0 bridgehead atoms. The van der Waals surface area contributed by atoms with E-state index in [1.165, 1.54) is 74.9 Å². The van der Waals surface area contributed by atoms with Crippen LogP contribution in [0.1, 0.15) is 11.1 Å². The van der Waals surface area contributed by atoms with Gasteiger partial charge in [-0.3, -0.25) is 0 Å². The summed E-state index contributed by atoms with van der Waals surface area (Å²) >= 11 is 3.65. The molecule has 4 aromatic heterocycles. The molecule has 0 atom stereocenters. The van der Waals surface area contributed by atoms with Crippen molar-refractivity contribution in [1.29, 1.82) is 0 Å². The maximum absolute atomic E-state index is 4.03. The fraction of sp³-hybridized carbons (Fsp3) is 0. The van der Waals surface area contributed by atoms with Gasteiger partial charge in [0.15, 0.2) is 0 Å². The van der Waals surface area contributed by atoms with Crippen LogP contribution in [-0.2, 0) is 0 Å². The first-order valence-corrected chi connectivity index (χ1v) is 26.5. The van der Waals surface area contributed by atoms with Crippen molar-refractivity contribution < 1.29 is 0 Å². The summed E-state index contributed by atoms with van der Waals surface area (Å²) in [6, 6.07) is 88.5. The topological polar surface area (TPSA) is 16.3 Å². The number of aromatic nitrogens is 2. The summed E-state index contributed by atoms with van der Waals surface area (Å²) < 4.78 is 7.23. The van der Waals surface area contributed by atoms with Gasteiger partial charge in [-0.15, -0.1) is 22.7 Å². The summed E-state index contributed by atoms with van der Waals surface area (Å²) in [6.45, 7) is 7.98. The van der Waals surface area contributed by atoms with Gasteiger partial charge in [-0.05, 0) is 154 Å². The van der Waals surface area contributed by atoms with E-state index >= 15 is 0 Å². The number of hydrogen-bond acceptors (Lipinski definition) is 4. The Labute approximate surface area is 437 Å². The Hall–Kier alpha value is -9.20. The standard InChI is InChI=1S/C68H46N4S2/c1-3-45-21-25-47(26-22-45)48-27-31-52(32-28-48)70(54-35-39-56(40-36-54)72-63-19-11-7-15-59(63)60-16-8-12-20-64(60)72)68-44-50-42-65-49(41-66(50)74-68)43-67(73-65)69(51-29-23-46(4-2)24-30-51)53-33-37-55(38-34-53)71-61-17-9-5-13-57(61)58-14-6-10-18-62(58)71/h3-44H,1-2H2. The Kier molecular flexibility index (Phi) is 10.5. The Morgan fingerprint density at radius 2 is 0.622 bits per heavy atom. The molecule has 0 saturated heterocycles. The molecular formula is C68H46N4S2. The average molecular weight is 983 g/mol. The second-order valence-corrected chi connectivity index (χ2v) is 20.8. The number of rotatable bonds is 11. The highest BCUT2D eigenvalue weighted by molar-refractivity contribution is 7.24. The molecule has 4 heterocycles. The smallest absolute Gasteiger partial charge is 0.101 e. The number of thiophene rings is 2. The van der Waals surface area contributed by atoms with Gasteiger partial charge in [-0.2, -0.15) is 0 Å². The summed E-state index contributed by atoms with van der Waals surface area (Å²) in [4.78, 5) is 4.79. The van der Waals surface area contributed by atoms with Crippen molar-refractivity contribution in [2.75, 3.05) is 9.80 Å². The fourth-order valence-corrected chi connectivity index (χ4v) is 13.1. The number of fused-ring (bicyclic) bond motifs is 8. The Morgan fingerprint density at radius 1 is 0.324 bits per heavy atom. The van der Waals surface area contributed by atoms with Crippen LogP contribution in [0.25, 0.3) is 98.4 Å². The minimum Gasteiger partial charge on any atom is -0.309 e. The quantitative estimate of drug-likeness (QED) is 0.128. The number of para-hydroxylation sites is 4. The molecule has 0 aliphatic rings. The molecule has 14 rings (SSSR count). The van der Waals surface area contributed by atoms with E-state index in [2.05, 4.69) is 275 Å².